The molecule has 2 unspecified atom stereocenters. The Kier molecular flexibility index (Phi) is 4.65. The highest BCUT2D eigenvalue weighted by atomic mass is 32.2. The van der Waals surface area contributed by atoms with Gasteiger partial charge in [0.1, 0.15) is 13.4 Å². The first-order valence-corrected chi connectivity index (χ1v) is 11.2. The van der Waals surface area contributed by atoms with Crippen LogP contribution < -0.4 is 4.72 Å². The fourth-order valence-corrected chi connectivity index (χ4v) is 5.35. The maximum atomic E-state index is 13.0. The van der Waals surface area contributed by atoms with Gasteiger partial charge in [-0.2, -0.15) is 9.78 Å². The van der Waals surface area contributed by atoms with Gasteiger partial charge in [0.05, 0.1) is 17.4 Å². The zero-order valence-electron chi connectivity index (χ0n) is 15.9. The molecule has 1 aromatic carbocycles. The Morgan fingerprint density at radius 1 is 1.34 bits per heavy atom. The Hall–Kier alpha value is -2.47. The number of rotatable bonds is 3. The summed E-state index contributed by atoms with van der Waals surface area (Å²) in [5.41, 5.74) is 0.00888. The number of amidine groups is 1. The summed E-state index contributed by atoms with van der Waals surface area (Å²) < 4.78 is 34.9. The van der Waals surface area contributed by atoms with E-state index in [4.69, 9.17) is 12.6 Å². The van der Waals surface area contributed by atoms with E-state index < -0.39 is 33.0 Å². The molecule has 1 aromatic heterocycles. The lowest BCUT2D eigenvalue weighted by Gasteiger charge is -2.24. The molecule has 0 fully saturated rings. The van der Waals surface area contributed by atoms with Crippen LogP contribution in [0, 0.1) is 0 Å². The van der Waals surface area contributed by atoms with Crippen molar-refractivity contribution in [3.05, 3.63) is 36.0 Å². The number of carbonyl (C=O) groups excluding carboxylic acids is 1. The van der Waals surface area contributed by atoms with Gasteiger partial charge in [-0.05, 0) is 44.4 Å². The van der Waals surface area contributed by atoms with Gasteiger partial charge < -0.3 is 9.64 Å². The van der Waals surface area contributed by atoms with Gasteiger partial charge in [-0.25, -0.2) is 13.2 Å². The number of hydrogen-bond acceptors (Lipinski definition) is 8. The third-order valence-electron chi connectivity index (χ3n) is 4.16. The zero-order chi connectivity index (χ0) is 21.0. The van der Waals surface area contributed by atoms with Crippen molar-refractivity contribution in [2.45, 2.75) is 37.7 Å². The highest BCUT2D eigenvalue weighted by Gasteiger charge is 2.43. The number of carbonyl (C=O) groups is 1. The molecular weight excluding hydrogens is 413 g/mol. The summed E-state index contributed by atoms with van der Waals surface area (Å²) in [6.07, 6.45) is 2.50. The first-order chi connectivity index (χ1) is 13.5. The third kappa shape index (κ3) is 3.74. The molecule has 2 aliphatic rings. The fraction of sp³-hybridized carbons (Fsp3) is 0.353. The van der Waals surface area contributed by atoms with Gasteiger partial charge in [-0.3, -0.25) is 9.71 Å². The number of aromatic nitrogens is 2. The number of nitrogens with zero attached hydrogens (tertiary/aromatic N) is 4. The normalized spacial score (nSPS) is 21.3. The molecule has 1 N–H and O–H groups in total. The average Bonchev–Trinajstić information content (AvgIpc) is 3.25. The van der Waals surface area contributed by atoms with E-state index in [9.17, 15) is 13.2 Å². The molecule has 2 aliphatic heterocycles. The minimum absolute atomic E-state index is 0.277. The first-order valence-electron chi connectivity index (χ1n) is 8.73. The Morgan fingerprint density at radius 3 is 2.83 bits per heavy atom. The van der Waals surface area contributed by atoms with Gasteiger partial charge in [0.25, 0.3) is 10.0 Å². The van der Waals surface area contributed by atoms with Crippen molar-refractivity contribution in [3.63, 3.8) is 0 Å². The van der Waals surface area contributed by atoms with E-state index in [1.807, 2.05) is 0 Å². The van der Waals surface area contributed by atoms with Gasteiger partial charge in [-0.15, -0.1) is 0 Å². The highest BCUT2D eigenvalue weighted by Crippen LogP contribution is 2.33. The summed E-state index contributed by atoms with van der Waals surface area (Å²) in [7, 11) is 2.03. The predicted octanol–water partition coefficient (Wildman–Crippen LogP) is 2.27. The molecule has 0 aliphatic carbocycles. The molecule has 2 aromatic rings. The Bertz CT molecular complexity index is 1150. The SMILES string of the molecule is [B]C1N=C2SC=CN2C1S(=O)(=O)Nc1ccc2cnn(C(=O)OC(C)(C)C)c2c1. The molecular formula is C17H18BN5O4S2. The predicted molar refractivity (Wildman–Crippen MR) is 113 cm³/mol. The number of nitrogens with one attached hydrogen (secondary N) is 1. The molecule has 2 radical (unpaired) electrons. The van der Waals surface area contributed by atoms with Crippen molar-refractivity contribution < 1.29 is 17.9 Å². The molecule has 9 nitrogen and oxygen atoms in total. The second kappa shape index (κ2) is 6.80. The maximum absolute atomic E-state index is 13.0. The quantitative estimate of drug-likeness (QED) is 0.744. The summed E-state index contributed by atoms with van der Waals surface area (Å²) in [5, 5.41) is 5.96. The smallest absolute Gasteiger partial charge is 0.435 e. The summed E-state index contributed by atoms with van der Waals surface area (Å²) >= 11 is 1.32. The number of fused-ring (bicyclic) bond motifs is 2. The summed E-state index contributed by atoms with van der Waals surface area (Å²) in [4.78, 5) is 18.1. The van der Waals surface area contributed by atoms with Crippen LogP contribution in [-0.2, 0) is 14.8 Å². The molecule has 4 rings (SSSR count). The fourth-order valence-electron chi connectivity index (χ4n) is 3.02. The van der Waals surface area contributed by atoms with Crippen LogP contribution in [0.25, 0.3) is 10.9 Å². The van der Waals surface area contributed by atoms with E-state index in [2.05, 4.69) is 14.8 Å². The number of anilines is 1. The molecule has 0 saturated heterocycles. The zero-order valence-corrected chi connectivity index (χ0v) is 17.6. The van der Waals surface area contributed by atoms with Gasteiger partial charge in [0.15, 0.2) is 10.5 Å². The van der Waals surface area contributed by atoms with E-state index in [0.717, 1.165) is 4.68 Å². The Labute approximate surface area is 173 Å². The number of aliphatic imine (C=N–C) groups is 1. The average molecular weight is 431 g/mol. The lowest BCUT2D eigenvalue weighted by atomic mass is 9.98. The highest BCUT2D eigenvalue weighted by molar-refractivity contribution is 8.16. The minimum atomic E-state index is -3.90. The van der Waals surface area contributed by atoms with E-state index in [1.54, 1.807) is 44.5 Å². The second-order valence-electron chi connectivity index (χ2n) is 7.56. The molecule has 29 heavy (non-hydrogen) atoms. The minimum Gasteiger partial charge on any atom is -0.442 e. The molecule has 0 spiro atoms. The first kappa shape index (κ1) is 19.8. The molecule has 150 valence electrons. The van der Waals surface area contributed by atoms with Gasteiger partial charge in [-0.1, -0.05) is 11.8 Å². The van der Waals surface area contributed by atoms with Gasteiger partial charge in [0, 0.05) is 17.5 Å². The van der Waals surface area contributed by atoms with Crippen LogP contribution in [0.3, 0.4) is 0 Å². The van der Waals surface area contributed by atoms with Gasteiger partial charge in [0.2, 0.25) is 0 Å². The van der Waals surface area contributed by atoms with Crippen molar-refractivity contribution in [1.82, 2.24) is 14.7 Å². The number of ether oxygens (including phenoxy) is 1. The number of hydrogen-bond donors (Lipinski definition) is 1. The monoisotopic (exact) mass is 431 g/mol. The topological polar surface area (TPSA) is 106 Å². The number of benzene rings is 1. The summed E-state index contributed by atoms with van der Waals surface area (Å²) in [6, 6.07) is 4.79. The van der Waals surface area contributed by atoms with Crippen molar-refractivity contribution >= 4 is 57.5 Å². The molecule has 3 heterocycles. The molecule has 2 atom stereocenters. The van der Waals surface area contributed by atoms with Crippen LogP contribution in [0.1, 0.15) is 20.8 Å². The number of thioether (sulfide) groups is 1. The third-order valence-corrected chi connectivity index (χ3v) is 6.60. The van der Waals surface area contributed by atoms with Crippen LogP contribution in [0.4, 0.5) is 10.5 Å². The lowest BCUT2D eigenvalue weighted by molar-refractivity contribution is 0.0523. The van der Waals surface area contributed by atoms with Crippen LogP contribution in [-0.4, -0.2) is 59.1 Å². The lowest BCUT2D eigenvalue weighted by Crippen LogP contribution is -2.44. The van der Waals surface area contributed by atoms with Crippen molar-refractivity contribution in [2.24, 2.45) is 4.99 Å². The van der Waals surface area contributed by atoms with Crippen LogP contribution in [0.5, 0.6) is 0 Å². The van der Waals surface area contributed by atoms with E-state index >= 15 is 0 Å². The van der Waals surface area contributed by atoms with E-state index in [-0.39, 0.29) is 5.69 Å². The maximum Gasteiger partial charge on any atom is 0.435 e. The summed E-state index contributed by atoms with van der Waals surface area (Å²) in [6.45, 7) is 5.26. The molecule has 0 bridgehead atoms. The van der Waals surface area contributed by atoms with Crippen molar-refractivity contribution in [1.29, 1.82) is 0 Å². The van der Waals surface area contributed by atoms with Crippen LogP contribution in [0.15, 0.2) is 41.0 Å². The standard InChI is InChI=1S/C17H18BN5O4S2/c1-17(2,3)27-16(24)23-12-8-11(5-4-10(12)9-19-23)21-29(25,26)14-13(18)20-15-22(14)6-7-28-15/h4-9,13-14,21H,1-3H3. The van der Waals surface area contributed by atoms with E-state index in [0.29, 0.717) is 16.1 Å². The van der Waals surface area contributed by atoms with Crippen LogP contribution >= 0.6 is 11.8 Å². The second-order valence-corrected chi connectivity index (χ2v) is 10.2. The van der Waals surface area contributed by atoms with E-state index in [1.165, 1.54) is 28.9 Å². The molecule has 0 saturated carbocycles. The Morgan fingerprint density at radius 2 is 2.10 bits per heavy atom. The van der Waals surface area contributed by atoms with Crippen molar-refractivity contribution in [2.75, 3.05) is 4.72 Å². The Balaban J connectivity index is 1.62. The van der Waals surface area contributed by atoms with Crippen molar-refractivity contribution in [3.8, 4) is 0 Å². The number of sulfonamides is 1. The summed E-state index contributed by atoms with van der Waals surface area (Å²) in [5.74, 6) is -0.907. The van der Waals surface area contributed by atoms with Gasteiger partial charge >= 0.3 is 6.09 Å². The largest absolute Gasteiger partial charge is 0.442 e. The molecule has 12 heteroatoms. The van der Waals surface area contributed by atoms with Crippen LogP contribution in [0.2, 0.25) is 0 Å². The molecule has 0 amide bonds.